The SMILES string of the molecule is CC(NC(=O)CC(C)C1CCNCC1)C(=O)Nc1ccccc1.Cl. The first kappa shape index (κ1) is 20.5. The highest BCUT2D eigenvalue weighted by Gasteiger charge is 2.23. The average Bonchev–Trinajstić information content (AvgIpc) is 2.56. The first-order valence-electron chi connectivity index (χ1n) is 8.42. The van der Waals surface area contributed by atoms with E-state index in [2.05, 4.69) is 22.9 Å². The number of hydrogen-bond acceptors (Lipinski definition) is 3. The van der Waals surface area contributed by atoms with Crippen molar-refractivity contribution in [1.29, 1.82) is 0 Å². The fourth-order valence-corrected chi connectivity index (χ4v) is 3.01. The molecule has 3 N–H and O–H groups in total. The van der Waals surface area contributed by atoms with Gasteiger partial charge in [-0.15, -0.1) is 12.4 Å². The van der Waals surface area contributed by atoms with Gasteiger partial charge in [-0.25, -0.2) is 0 Å². The van der Waals surface area contributed by atoms with Crippen molar-refractivity contribution in [3.05, 3.63) is 30.3 Å². The molecule has 1 aromatic carbocycles. The molecule has 1 fully saturated rings. The van der Waals surface area contributed by atoms with Crippen LogP contribution < -0.4 is 16.0 Å². The van der Waals surface area contributed by atoms with Crippen molar-refractivity contribution in [2.45, 2.75) is 39.2 Å². The van der Waals surface area contributed by atoms with Crippen molar-refractivity contribution in [3.8, 4) is 0 Å². The number of carbonyl (C=O) groups excluding carboxylic acids is 2. The molecule has 0 aromatic heterocycles. The number of benzene rings is 1. The molecule has 2 unspecified atom stereocenters. The molecule has 0 saturated carbocycles. The Balaban J connectivity index is 0.00000288. The van der Waals surface area contributed by atoms with E-state index < -0.39 is 6.04 Å². The Labute approximate surface area is 150 Å². The first-order valence-corrected chi connectivity index (χ1v) is 8.42. The summed E-state index contributed by atoms with van der Waals surface area (Å²) in [7, 11) is 0. The lowest BCUT2D eigenvalue weighted by atomic mass is 9.84. The monoisotopic (exact) mass is 353 g/mol. The molecule has 0 spiro atoms. The van der Waals surface area contributed by atoms with E-state index in [0.717, 1.165) is 31.6 Å². The van der Waals surface area contributed by atoms with Gasteiger partial charge >= 0.3 is 0 Å². The quantitative estimate of drug-likeness (QED) is 0.736. The molecule has 0 radical (unpaired) electrons. The summed E-state index contributed by atoms with van der Waals surface area (Å²) in [5.41, 5.74) is 0.738. The molecule has 24 heavy (non-hydrogen) atoms. The van der Waals surface area contributed by atoms with Crippen LogP contribution >= 0.6 is 12.4 Å². The Kier molecular flexibility index (Phi) is 8.79. The van der Waals surface area contributed by atoms with Crippen molar-refractivity contribution < 1.29 is 9.59 Å². The number of rotatable bonds is 6. The molecule has 2 atom stereocenters. The maximum Gasteiger partial charge on any atom is 0.246 e. The molecule has 0 bridgehead atoms. The fourth-order valence-electron chi connectivity index (χ4n) is 3.01. The van der Waals surface area contributed by atoms with Crippen LogP contribution in [0.25, 0.3) is 0 Å². The van der Waals surface area contributed by atoms with Crippen LogP contribution in [0.5, 0.6) is 0 Å². The summed E-state index contributed by atoms with van der Waals surface area (Å²) >= 11 is 0. The van der Waals surface area contributed by atoms with E-state index in [-0.39, 0.29) is 24.2 Å². The lowest BCUT2D eigenvalue weighted by molar-refractivity contribution is -0.127. The molecule has 6 heteroatoms. The lowest BCUT2D eigenvalue weighted by Gasteiger charge is -2.28. The highest BCUT2D eigenvalue weighted by molar-refractivity contribution is 5.96. The third-order valence-electron chi connectivity index (χ3n) is 4.51. The van der Waals surface area contributed by atoms with Crippen LogP contribution in [0.1, 0.15) is 33.1 Å². The Bertz CT molecular complexity index is 518. The van der Waals surface area contributed by atoms with Crippen molar-refractivity contribution in [1.82, 2.24) is 10.6 Å². The smallest absolute Gasteiger partial charge is 0.246 e. The lowest BCUT2D eigenvalue weighted by Crippen LogP contribution is -2.42. The normalized spacial score (nSPS) is 17.2. The van der Waals surface area contributed by atoms with Crippen LogP contribution in [0.4, 0.5) is 5.69 Å². The summed E-state index contributed by atoms with van der Waals surface area (Å²) in [6.07, 6.45) is 2.73. The van der Waals surface area contributed by atoms with E-state index in [4.69, 9.17) is 0 Å². The Morgan fingerprint density at radius 2 is 1.79 bits per heavy atom. The van der Waals surface area contributed by atoms with Crippen LogP contribution in [-0.2, 0) is 9.59 Å². The zero-order valence-corrected chi connectivity index (χ0v) is 15.2. The van der Waals surface area contributed by atoms with E-state index in [1.54, 1.807) is 6.92 Å². The van der Waals surface area contributed by atoms with Gasteiger partial charge in [0.1, 0.15) is 6.04 Å². The molecule has 2 amide bonds. The van der Waals surface area contributed by atoms with Gasteiger partial charge in [-0.2, -0.15) is 0 Å². The molecule has 1 aromatic rings. The highest BCUT2D eigenvalue weighted by Crippen LogP contribution is 2.24. The third-order valence-corrected chi connectivity index (χ3v) is 4.51. The van der Waals surface area contributed by atoms with Crippen molar-refractivity contribution in [3.63, 3.8) is 0 Å². The zero-order chi connectivity index (χ0) is 16.7. The van der Waals surface area contributed by atoms with Crippen molar-refractivity contribution >= 4 is 29.9 Å². The topological polar surface area (TPSA) is 70.2 Å². The summed E-state index contributed by atoms with van der Waals surface area (Å²) in [4.78, 5) is 24.3. The number of para-hydroxylation sites is 1. The second kappa shape index (κ2) is 10.3. The molecule has 1 saturated heterocycles. The second-order valence-electron chi connectivity index (χ2n) is 6.41. The van der Waals surface area contributed by atoms with Gasteiger partial charge in [0.2, 0.25) is 11.8 Å². The maximum atomic E-state index is 12.2. The molecular weight excluding hydrogens is 326 g/mol. The first-order chi connectivity index (χ1) is 11.1. The molecule has 1 heterocycles. The van der Waals surface area contributed by atoms with Gasteiger partial charge in [-0.3, -0.25) is 9.59 Å². The summed E-state index contributed by atoms with van der Waals surface area (Å²) in [6, 6.07) is 8.72. The number of hydrogen-bond donors (Lipinski definition) is 3. The largest absolute Gasteiger partial charge is 0.345 e. The van der Waals surface area contributed by atoms with Gasteiger partial charge in [-0.05, 0) is 56.8 Å². The molecule has 1 aliphatic rings. The standard InChI is InChI=1S/C18H27N3O2.ClH/c1-13(15-8-10-19-11-9-15)12-17(22)20-14(2)18(23)21-16-6-4-3-5-7-16;/h3-7,13-15,19H,8-12H2,1-2H3,(H,20,22)(H,21,23);1H. The van der Waals surface area contributed by atoms with Gasteiger partial charge in [0.05, 0.1) is 0 Å². The average molecular weight is 354 g/mol. The minimum absolute atomic E-state index is 0. The van der Waals surface area contributed by atoms with Gasteiger partial charge in [-0.1, -0.05) is 25.1 Å². The van der Waals surface area contributed by atoms with Crippen LogP contribution in [0.2, 0.25) is 0 Å². The number of halogens is 1. The molecule has 134 valence electrons. The number of amides is 2. The fraction of sp³-hybridized carbons (Fsp3) is 0.556. The summed E-state index contributed by atoms with van der Waals surface area (Å²) < 4.78 is 0. The molecule has 5 nitrogen and oxygen atoms in total. The van der Waals surface area contributed by atoms with Gasteiger partial charge in [0, 0.05) is 12.1 Å². The van der Waals surface area contributed by atoms with Crippen LogP contribution in [0.15, 0.2) is 30.3 Å². The summed E-state index contributed by atoms with van der Waals surface area (Å²) in [5.74, 6) is 0.697. The predicted octanol–water partition coefficient (Wildman–Crippen LogP) is 2.58. The zero-order valence-electron chi connectivity index (χ0n) is 14.4. The number of nitrogens with one attached hydrogen (secondary N) is 3. The minimum Gasteiger partial charge on any atom is -0.345 e. The van der Waals surface area contributed by atoms with E-state index in [9.17, 15) is 9.59 Å². The van der Waals surface area contributed by atoms with Crippen LogP contribution in [-0.4, -0.2) is 30.9 Å². The van der Waals surface area contributed by atoms with E-state index in [1.165, 1.54) is 0 Å². The van der Waals surface area contributed by atoms with E-state index >= 15 is 0 Å². The maximum absolute atomic E-state index is 12.2. The number of anilines is 1. The van der Waals surface area contributed by atoms with Crippen molar-refractivity contribution in [2.24, 2.45) is 11.8 Å². The molecule has 1 aliphatic heterocycles. The second-order valence-corrected chi connectivity index (χ2v) is 6.41. The van der Waals surface area contributed by atoms with Gasteiger partial charge < -0.3 is 16.0 Å². The van der Waals surface area contributed by atoms with E-state index in [0.29, 0.717) is 18.3 Å². The Morgan fingerprint density at radius 3 is 2.42 bits per heavy atom. The van der Waals surface area contributed by atoms with Crippen LogP contribution in [0.3, 0.4) is 0 Å². The number of piperidine rings is 1. The summed E-state index contributed by atoms with van der Waals surface area (Å²) in [5, 5.41) is 8.94. The van der Waals surface area contributed by atoms with E-state index in [1.807, 2.05) is 30.3 Å². The molecule has 0 aliphatic carbocycles. The predicted molar refractivity (Wildman–Crippen MR) is 99.3 cm³/mol. The van der Waals surface area contributed by atoms with Gasteiger partial charge in [0.15, 0.2) is 0 Å². The Morgan fingerprint density at radius 1 is 1.17 bits per heavy atom. The van der Waals surface area contributed by atoms with Gasteiger partial charge in [0.25, 0.3) is 0 Å². The summed E-state index contributed by atoms with van der Waals surface area (Å²) in [6.45, 7) is 5.91. The Hall–Kier alpha value is -1.59. The minimum atomic E-state index is -0.539. The molecular formula is C18H28ClN3O2. The third kappa shape index (κ3) is 6.49. The molecule has 2 rings (SSSR count). The van der Waals surface area contributed by atoms with Crippen LogP contribution in [0, 0.1) is 11.8 Å². The number of carbonyl (C=O) groups is 2. The highest BCUT2D eigenvalue weighted by atomic mass is 35.5. The van der Waals surface area contributed by atoms with Crippen molar-refractivity contribution in [2.75, 3.05) is 18.4 Å².